The van der Waals surface area contributed by atoms with Gasteiger partial charge in [-0.3, -0.25) is 14.4 Å². The molecule has 3 fully saturated rings. The van der Waals surface area contributed by atoms with Crippen LogP contribution in [-0.2, 0) is 19.1 Å². The molecule has 0 amide bonds. The summed E-state index contributed by atoms with van der Waals surface area (Å²) in [4.78, 5) is 36.9. The van der Waals surface area contributed by atoms with Gasteiger partial charge in [-0.05, 0) is 68.3 Å². The summed E-state index contributed by atoms with van der Waals surface area (Å²) in [5, 5.41) is 0.287. The van der Waals surface area contributed by atoms with Crippen LogP contribution in [0.2, 0.25) is 0 Å². The van der Waals surface area contributed by atoms with Gasteiger partial charge >= 0.3 is 5.97 Å². The van der Waals surface area contributed by atoms with E-state index in [4.69, 9.17) is 4.74 Å². The highest BCUT2D eigenvalue weighted by molar-refractivity contribution is 8.00. The molecule has 4 nitrogen and oxygen atoms in total. The second-order valence-corrected chi connectivity index (χ2v) is 10.8. The van der Waals surface area contributed by atoms with E-state index in [0.717, 1.165) is 32.1 Å². The van der Waals surface area contributed by atoms with Crippen molar-refractivity contribution < 1.29 is 19.1 Å². The molecule has 4 aliphatic rings. The highest BCUT2D eigenvalue weighted by Gasteiger charge is 2.61. The van der Waals surface area contributed by atoms with Crippen LogP contribution in [0.25, 0.3) is 0 Å². The Balaban J connectivity index is 1.67. The summed E-state index contributed by atoms with van der Waals surface area (Å²) in [5.74, 6) is 2.25. The zero-order valence-corrected chi connectivity index (χ0v) is 18.1. The van der Waals surface area contributed by atoms with E-state index >= 15 is 0 Å². The molecule has 3 saturated carbocycles. The van der Waals surface area contributed by atoms with Gasteiger partial charge in [0.05, 0.1) is 12.4 Å². The number of thioether (sulfide) groups is 1. The molecule has 6 atom stereocenters. The normalized spacial score (nSPS) is 42.3. The molecule has 0 saturated heterocycles. The van der Waals surface area contributed by atoms with Gasteiger partial charge in [0.25, 0.3) is 0 Å². The number of carbonyl (C=O) groups excluding carboxylic acids is 3. The molecule has 0 unspecified atom stereocenters. The monoisotopic (exact) mass is 404 g/mol. The number of ether oxygens (including phenoxy) is 1. The third-order valence-electron chi connectivity index (χ3n) is 8.39. The van der Waals surface area contributed by atoms with Crippen molar-refractivity contribution in [3.8, 4) is 0 Å². The quantitative estimate of drug-likeness (QED) is 0.652. The Kier molecular flexibility index (Phi) is 5.26. The Morgan fingerprint density at radius 1 is 1.14 bits per heavy atom. The van der Waals surface area contributed by atoms with Gasteiger partial charge in [-0.25, -0.2) is 0 Å². The number of esters is 1. The first-order valence-electron chi connectivity index (χ1n) is 10.8. The smallest absolute Gasteiger partial charge is 0.315 e. The summed E-state index contributed by atoms with van der Waals surface area (Å²) in [6, 6.07) is 0. The molecule has 0 aromatic heterocycles. The number of ketones is 2. The number of hydrogen-bond donors (Lipinski definition) is 0. The lowest BCUT2D eigenvalue weighted by Gasteiger charge is -2.59. The summed E-state index contributed by atoms with van der Waals surface area (Å²) in [6.45, 7) is 6.78. The summed E-state index contributed by atoms with van der Waals surface area (Å²) >= 11 is 1.70. The van der Waals surface area contributed by atoms with Crippen molar-refractivity contribution >= 4 is 29.3 Å². The number of fused-ring (bicyclic) bond motifs is 5. The minimum Gasteiger partial charge on any atom is -0.465 e. The highest BCUT2D eigenvalue weighted by Crippen LogP contribution is 2.65. The van der Waals surface area contributed by atoms with Crippen LogP contribution in [0.5, 0.6) is 0 Å². The minimum absolute atomic E-state index is 0.0759. The van der Waals surface area contributed by atoms with Crippen LogP contribution in [0.3, 0.4) is 0 Å². The van der Waals surface area contributed by atoms with Crippen LogP contribution >= 0.6 is 11.8 Å². The van der Waals surface area contributed by atoms with Crippen molar-refractivity contribution in [3.63, 3.8) is 0 Å². The number of hydrogen-bond acceptors (Lipinski definition) is 5. The molecule has 28 heavy (non-hydrogen) atoms. The number of rotatable bonds is 4. The predicted octanol–water partition coefficient (Wildman–Crippen LogP) is 4.36. The second-order valence-electron chi connectivity index (χ2n) is 9.62. The van der Waals surface area contributed by atoms with Gasteiger partial charge in [0.2, 0.25) is 0 Å². The second kappa shape index (κ2) is 7.30. The van der Waals surface area contributed by atoms with Crippen molar-refractivity contribution in [1.29, 1.82) is 0 Å². The largest absolute Gasteiger partial charge is 0.465 e. The predicted molar refractivity (Wildman–Crippen MR) is 110 cm³/mol. The van der Waals surface area contributed by atoms with Gasteiger partial charge < -0.3 is 4.74 Å². The molecular formula is C23H32O4S. The maximum Gasteiger partial charge on any atom is 0.315 e. The fraction of sp³-hybridized carbons (Fsp3) is 0.783. The van der Waals surface area contributed by atoms with Crippen molar-refractivity contribution in [2.75, 3.05) is 12.4 Å². The van der Waals surface area contributed by atoms with E-state index in [9.17, 15) is 14.4 Å². The van der Waals surface area contributed by atoms with Crippen molar-refractivity contribution in [1.82, 2.24) is 0 Å². The van der Waals surface area contributed by atoms with Crippen molar-refractivity contribution in [2.24, 2.45) is 28.6 Å². The number of Topliss-reactive ketones (excluding diaryl/α,β-unsaturated/α-hetero) is 1. The lowest BCUT2D eigenvalue weighted by atomic mass is 9.47. The van der Waals surface area contributed by atoms with Gasteiger partial charge in [0.1, 0.15) is 5.78 Å². The summed E-state index contributed by atoms with van der Waals surface area (Å²) in [6.07, 6.45) is 8.08. The molecule has 4 rings (SSSR count). The minimum atomic E-state index is -0.189. The van der Waals surface area contributed by atoms with Crippen LogP contribution < -0.4 is 0 Å². The zero-order valence-electron chi connectivity index (χ0n) is 17.3. The molecule has 0 spiro atoms. The van der Waals surface area contributed by atoms with Crippen molar-refractivity contribution in [2.45, 2.75) is 71.0 Å². The van der Waals surface area contributed by atoms with Gasteiger partial charge in [-0.1, -0.05) is 19.4 Å². The van der Waals surface area contributed by atoms with E-state index in [1.165, 1.54) is 5.57 Å². The van der Waals surface area contributed by atoms with E-state index in [-0.39, 0.29) is 27.8 Å². The van der Waals surface area contributed by atoms with Crippen molar-refractivity contribution in [3.05, 3.63) is 11.6 Å². The Labute approximate surface area is 172 Å². The standard InChI is InChI=1S/C23H32O4S/c1-4-27-20(26)13-28-18-12-14-11-15(24)7-9-22(14,2)17-8-10-23(3)16(21(17)18)5-6-19(23)25/h11,16-18,21H,4-10,12-13H2,1-3H3/t16-,17-,18+,21-,22-,23-/m0/s1. The molecule has 0 aliphatic heterocycles. The highest BCUT2D eigenvalue weighted by atomic mass is 32.2. The lowest BCUT2D eigenvalue weighted by Crippen LogP contribution is -2.54. The topological polar surface area (TPSA) is 60.4 Å². The van der Waals surface area contributed by atoms with E-state index in [1.807, 2.05) is 13.0 Å². The van der Waals surface area contributed by atoms with Crippen LogP contribution in [0.4, 0.5) is 0 Å². The average molecular weight is 405 g/mol. The third-order valence-corrected chi connectivity index (χ3v) is 9.70. The molecule has 0 aromatic carbocycles. The van der Waals surface area contributed by atoms with E-state index in [2.05, 4.69) is 13.8 Å². The number of carbonyl (C=O) groups is 3. The molecular weight excluding hydrogens is 372 g/mol. The first kappa shape index (κ1) is 20.2. The first-order chi connectivity index (χ1) is 13.3. The molecule has 5 heteroatoms. The van der Waals surface area contributed by atoms with Gasteiger partial charge in [-0.2, -0.15) is 0 Å². The van der Waals surface area contributed by atoms with Crippen LogP contribution in [0.15, 0.2) is 11.6 Å². The Morgan fingerprint density at radius 2 is 1.89 bits per heavy atom. The van der Waals surface area contributed by atoms with Crippen LogP contribution in [0.1, 0.15) is 65.7 Å². The summed E-state index contributed by atoms with van der Waals surface area (Å²) in [7, 11) is 0. The maximum atomic E-state index is 12.7. The Hall–Kier alpha value is -1.10. The fourth-order valence-electron chi connectivity index (χ4n) is 6.82. The van der Waals surface area contributed by atoms with E-state index < -0.39 is 0 Å². The fourth-order valence-corrected chi connectivity index (χ4v) is 8.15. The SMILES string of the molecule is CCOC(=O)CS[C@@H]1CC2=CC(=O)CC[C@]2(C)[C@H]2CC[C@]3(C)C(=O)CC[C@H]3[C@H]12. The van der Waals surface area contributed by atoms with Crippen LogP contribution in [-0.4, -0.2) is 35.1 Å². The summed E-state index contributed by atoms with van der Waals surface area (Å²) in [5.41, 5.74) is 1.18. The molecule has 0 aromatic rings. The van der Waals surface area contributed by atoms with E-state index in [0.29, 0.717) is 48.7 Å². The first-order valence-corrected chi connectivity index (χ1v) is 11.9. The Morgan fingerprint density at radius 3 is 2.64 bits per heavy atom. The Bertz CT molecular complexity index is 728. The molecule has 0 bridgehead atoms. The maximum absolute atomic E-state index is 12.7. The average Bonchev–Trinajstić information content (AvgIpc) is 2.96. The number of allylic oxidation sites excluding steroid dienone is 1. The van der Waals surface area contributed by atoms with Gasteiger partial charge in [-0.15, -0.1) is 11.8 Å². The summed E-state index contributed by atoms with van der Waals surface area (Å²) < 4.78 is 5.15. The van der Waals surface area contributed by atoms with Gasteiger partial charge in [0.15, 0.2) is 5.78 Å². The molecule has 4 aliphatic carbocycles. The molecule has 0 N–H and O–H groups in total. The lowest BCUT2D eigenvalue weighted by molar-refractivity contribution is -0.140. The molecule has 154 valence electrons. The van der Waals surface area contributed by atoms with Gasteiger partial charge in [0, 0.05) is 23.5 Å². The van der Waals surface area contributed by atoms with E-state index in [1.54, 1.807) is 11.8 Å². The molecule has 0 heterocycles. The molecule has 0 radical (unpaired) electrons. The van der Waals surface area contributed by atoms with Crippen LogP contribution in [0, 0.1) is 28.6 Å². The third kappa shape index (κ3) is 3.09. The zero-order chi connectivity index (χ0) is 20.1.